The number of benzene rings is 1. The van der Waals surface area contributed by atoms with E-state index in [2.05, 4.69) is 0 Å². The van der Waals surface area contributed by atoms with Crippen LogP contribution in [-0.4, -0.2) is 17.3 Å². The van der Waals surface area contributed by atoms with Gasteiger partial charge in [0.1, 0.15) is 0 Å². The summed E-state index contributed by atoms with van der Waals surface area (Å²) in [5, 5.41) is 10.3. The van der Waals surface area contributed by atoms with Gasteiger partial charge >= 0.3 is 0 Å². The van der Waals surface area contributed by atoms with Gasteiger partial charge in [-0.1, -0.05) is 19.1 Å². The minimum atomic E-state index is -1.05. The number of hydrogen-bond donors (Lipinski definition) is 1. The number of halogens is 2. The van der Waals surface area contributed by atoms with Gasteiger partial charge in [0.05, 0.1) is 18.3 Å². The minimum absolute atomic E-state index is 0.0104. The lowest BCUT2D eigenvalue weighted by Gasteiger charge is -2.25. The smallest absolute Gasteiger partial charge is 0.164 e. The van der Waals surface area contributed by atoms with E-state index in [0.717, 1.165) is 6.07 Å². The highest BCUT2D eigenvalue weighted by molar-refractivity contribution is 5.22. The molecule has 1 aliphatic heterocycles. The van der Waals surface area contributed by atoms with Gasteiger partial charge in [-0.2, -0.15) is 0 Å². The Morgan fingerprint density at radius 1 is 1.17 bits per heavy atom. The van der Waals surface area contributed by atoms with E-state index in [1.807, 2.05) is 20.8 Å². The summed E-state index contributed by atoms with van der Waals surface area (Å²) in [5.74, 6) is -2.03. The highest BCUT2D eigenvalue weighted by Gasteiger charge is 2.42. The first kappa shape index (κ1) is 13.4. The molecule has 5 unspecified atom stereocenters. The summed E-state index contributed by atoms with van der Waals surface area (Å²) < 4.78 is 32.5. The largest absolute Gasteiger partial charge is 0.388 e. The van der Waals surface area contributed by atoms with Gasteiger partial charge in [-0.25, -0.2) is 8.78 Å². The standard InChI is InChI=1S/C14H18F2O2/c1-7-8(2)18-9(3)12(7)14(17)10-5-4-6-11(15)13(10)16/h4-9,12,14,17H,1-3H3. The van der Waals surface area contributed by atoms with Gasteiger partial charge in [0.2, 0.25) is 0 Å². The zero-order valence-corrected chi connectivity index (χ0v) is 10.7. The van der Waals surface area contributed by atoms with Crippen molar-refractivity contribution in [2.45, 2.75) is 39.1 Å². The van der Waals surface area contributed by atoms with Crippen LogP contribution in [0.4, 0.5) is 8.78 Å². The summed E-state index contributed by atoms with van der Waals surface area (Å²) in [6.07, 6.45) is -1.21. The normalized spacial score (nSPS) is 33.7. The first-order valence-electron chi connectivity index (χ1n) is 6.21. The van der Waals surface area contributed by atoms with Crippen LogP contribution in [0.25, 0.3) is 0 Å². The number of aliphatic hydroxyl groups excluding tert-OH is 1. The van der Waals surface area contributed by atoms with Crippen LogP contribution in [0.3, 0.4) is 0 Å². The molecule has 1 N–H and O–H groups in total. The molecule has 18 heavy (non-hydrogen) atoms. The van der Waals surface area contributed by atoms with Gasteiger partial charge in [0.15, 0.2) is 11.6 Å². The number of rotatable bonds is 2. The Morgan fingerprint density at radius 3 is 2.39 bits per heavy atom. The molecule has 0 amide bonds. The molecule has 1 aromatic rings. The molecule has 0 bridgehead atoms. The van der Waals surface area contributed by atoms with E-state index in [9.17, 15) is 13.9 Å². The van der Waals surface area contributed by atoms with Crippen molar-refractivity contribution in [3.8, 4) is 0 Å². The first-order chi connectivity index (χ1) is 8.43. The second-order valence-corrected chi connectivity index (χ2v) is 5.07. The molecule has 0 spiro atoms. The molecule has 0 aromatic heterocycles. The van der Waals surface area contributed by atoms with Gasteiger partial charge in [0.25, 0.3) is 0 Å². The highest BCUT2D eigenvalue weighted by atomic mass is 19.2. The van der Waals surface area contributed by atoms with E-state index >= 15 is 0 Å². The molecule has 1 fully saturated rings. The van der Waals surface area contributed by atoms with E-state index < -0.39 is 17.7 Å². The Balaban J connectivity index is 2.31. The highest BCUT2D eigenvalue weighted by Crippen LogP contribution is 2.41. The molecule has 0 aliphatic carbocycles. The molecule has 2 nitrogen and oxygen atoms in total. The average Bonchev–Trinajstić information content (AvgIpc) is 2.56. The molecule has 1 aromatic carbocycles. The van der Waals surface area contributed by atoms with Crippen LogP contribution in [0.2, 0.25) is 0 Å². The van der Waals surface area contributed by atoms with Crippen molar-refractivity contribution < 1.29 is 18.6 Å². The lowest BCUT2D eigenvalue weighted by molar-refractivity contribution is 0.0218. The molecule has 4 heteroatoms. The molecule has 1 aliphatic rings. The van der Waals surface area contributed by atoms with Crippen LogP contribution < -0.4 is 0 Å². The van der Waals surface area contributed by atoms with E-state index in [4.69, 9.17) is 4.74 Å². The quantitative estimate of drug-likeness (QED) is 0.881. The van der Waals surface area contributed by atoms with Crippen LogP contribution >= 0.6 is 0 Å². The van der Waals surface area contributed by atoms with Crippen LogP contribution in [0.15, 0.2) is 18.2 Å². The van der Waals surface area contributed by atoms with Crippen LogP contribution in [-0.2, 0) is 4.74 Å². The zero-order valence-electron chi connectivity index (χ0n) is 10.7. The first-order valence-corrected chi connectivity index (χ1v) is 6.21. The van der Waals surface area contributed by atoms with Crippen LogP contribution in [0, 0.1) is 23.5 Å². The molecular formula is C14H18F2O2. The summed E-state index contributed by atoms with van der Waals surface area (Å²) in [4.78, 5) is 0. The fraction of sp³-hybridized carbons (Fsp3) is 0.571. The molecular weight excluding hydrogens is 238 g/mol. The molecule has 0 saturated carbocycles. The molecule has 5 atom stereocenters. The van der Waals surface area contributed by atoms with Crippen LogP contribution in [0.5, 0.6) is 0 Å². The van der Waals surface area contributed by atoms with Gasteiger partial charge in [-0.3, -0.25) is 0 Å². The van der Waals surface area contributed by atoms with Crippen molar-refractivity contribution in [2.24, 2.45) is 11.8 Å². The Labute approximate surface area is 106 Å². The fourth-order valence-electron chi connectivity index (χ4n) is 2.79. The van der Waals surface area contributed by atoms with E-state index in [1.165, 1.54) is 12.1 Å². The summed E-state index contributed by atoms with van der Waals surface area (Å²) >= 11 is 0. The predicted octanol–water partition coefficient (Wildman–Crippen LogP) is 3.06. The van der Waals surface area contributed by atoms with E-state index in [0.29, 0.717) is 0 Å². The van der Waals surface area contributed by atoms with Crippen molar-refractivity contribution in [3.05, 3.63) is 35.4 Å². The summed E-state index contributed by atoms with van der Waals surface area (Å²) in [6, 6.07) is 3.88. The van der Waals surface area contributed by atoms with Gasteiger partial charge in [0, 0.05) is 11.5 Å². The van der Waals surface area contributed by atoms with Crippen molar-refractivity contribution in [3.63, 3.8) is 0 Å². The van der Waals surface area contributed by atoms with Gasteiger partial charge < -0.3 is 9.84 Å². The molecule has 0 radical (unpaired) electrons. The molecule has 2 rings (SSSR count). The SMILES string of the molecule is CC1OC(C)C(C(O)c2cccc(F)c2F)C1C. The Morgan fingerprint density at radius 2 is 1.83 bits per heavy atom. The summed E-state index contributed by atoms with van der Waals surface area (Å²) in [6.45, 7) is 5.74. The molecule has 1 heterocycles. The topological polar surface area (TPSA) is 29.5 Å². The zero-order chi connectivity index (χ0) is 13.4. The monoisotopic (exact) mass is 256 g/mol. The molecule has 100 valence electrons. The van der Waals surface area contributed by atoms with Gasteiger partial charge in [-0.15, -0.1) is 0 Å². The number of hydrogen-bond acceptors (Lipinski definition) is 2. The Hall–Kier alpha value is -1.00. The second kappa shape index (κ2) is 4.94. The summed E-state index contributed by atoms with van der Waals surface area (Å²) in [7, 11) is 0. The van der Waals surface area contributed by atoms with E-state index in [1.54, 1.807) is 0 Å². The minimum Gasteiger partial charge on any atom is -0.388 e. The predicted molar refractivity (Wildman–Crippen MR) is 64.0 cm³/mol. The average molecular weight is 256 g/mol. The summed E-state index contributed by atoms with van der Waals surface area (Å²) in [5.41, 5.74) is 0.0106. The maximum Gasteiger partial charge on any atom is 0.164 e. The van der Waals surface area contributed by atoms with Crippen LogP contribution in [0.1, 0.15) is 32.4 Å². The van der Waals surface area contributed by atoms with Crippen molar-refractivity contribution >= 4 is 0 Å². The lowest BCUT2D eigenvalue weighted by Crippen LogP contribution is -2.25. The third-order valence-corrected chi connectivity index (χ3v) is 3.98. The van der Waals surface area contributed by atoms with Crippen molar-refractivity contribution in [2.75, 3.05) is 0 Å². The van der Waals surface area contributed by atoms with E-state index in [-0.39, 0.29) is 29.6 Å². The second-order valence-electron chi connectivity index (χ2n) is 5.07. The Kier molecular flexibility index (Phi) is 3.69. The third-order valence-electron chi connectivity index (χ3n) is 3.98. The maximum atomic E-state index is 13.7. The number of aliphatic hydroxyl groups is 1. The van der Waals surface area contributed by atoms with Gasteiger partial charge in [-0.05, 0) is 25.8 Å². The fourth-order valence-corrected chi connectivity index (χ4v) is 2.79. The number of ether oxygens (including phenoxy) is 1. The Bertz CT molecular complexity index is 436. The van der Waals surface area contributed by atoms with Crippen molar-refractivity contribution in [1.29, 1.82) is 0 Å². The third kappa shape index (κ3) is 2.15. The van der Waals surface area contributed by atoms with Crippen molar-refractivity contribution in [1.82, 2.24) is 0 Å². The maximum absolute atomic E-state index is 13.7. The molecule has 1 saturated heterocycles. The lowest BCUT2D eigenvalue weighted by atomic mass is 9.82.